The molecule has 2 aromatic heterocycles. The second-order valence-electron chi connectivity index (χ2n) is 4.67. The van der Waals surface area contributed by atoms with Gasteiger partial charge in [-0.25, -0.2) is 0 Å². The summed E-state index contributed by atoms with van der Waals surface area (Å²) >= 11 is 0. The van der Waals surface area contributed by atoms with E-state index in [-0.39, 0.29) is 5.91 Å². The van der Waals surface area contributed by atoms with Crippen LogP contribution in [0.2, 0.25) is 0 Å². The fourth-order valence-electron chi connectivity index (χ4n) is 2.29. The number of aromatic nitrogens is 2. The van der Waals surface area contributed by atoms with E-state index >= 15 is 0 Å². The quantitative estimate of drug-likeness (QED) is 0.791. The molecule has 4 nitrogen and oxygen atoms in total. The van der Waals surface area contributed by atoms with Crippen molar-refractivity contribution in [1.82, 2.24) is 14.9 Å². The second-order valence-corrected chi connectivity index (χ2v) is 4.67. The van der Waals surface area contributed by atoms with Crippen molar-refractivity contribution in [3.8, 4) is 0 Å². The van der Waals surface area contributed by atoms with Crippen LogP contribution in [-0.4, -0.2) is 15.5 Å². The van der Waals surface area contributed by atoms with E-state index < -0.39 is 0 Å². The van der Waals surface area contributed by atoms with Crippen LogP contribution in [0.15, 0.2) is 54.9 Å². The highest BCUT2D eigenvalue weighted by molar-refractivity contribution is 6.06. The van der Waals surface area contributed by atoms with Gasteiger partial charge in [-0.2, -0.15) is 0 Å². The van der Waals surface area contributed by atoms with Crippen LogP contribution in [0.5, 0.6) is 0 Å². The second kappa shape index (κ2) is 5.17. The van der Waals surface area contributed by atoms with Crippen molar-refractivity contribution in [2.45, 2.75) is 6.54 Å². The minimum Gasteiger partial charge on any atom is -0.350 e. The molecule has 4 heteroatoms. The summed E-state index contributed by atoms with van der Waals surface area (Å²) in [5.74, 6) is -0.0764. The molecule has 0 fully saturated rings. The molecule has 0 bridgehead atoms. The molecule has 0 atom stereocenters. The monoisotopic (exact) mass is 265 g/mol. The highest BCUT2D eigenvalue weighted by Gasteiger charge is 2.13. The number of fused-ring (bicyclic) bond motifs is 1. The Morgan fingerprint density at radius 2 is 2.00 bits per heavy atom. The minimum absolute atomic E-state index is 0.0764. The van der Waals surface area contributed by atoms with E-state index in [0.29, 0.717) is 12.1 Å². The zero-order valence-corrected chi connectivity index (χ0v) is 11.2. The summed E-state index contributed by atoms with van der Waals surface area (Å²) < 4.78 is 1.96. The molecule has 20 heavy (non-hydrogen) atoms. The summed E-state index contributed by atoms with van der Waals surface area (Å²) in [7, 11) is 1.94. The summed E-state index contributed by atoms with van der Waals surface area (Å²) in [6, 6.07) is 13.5. The Morgan fingerprint density at radius 3 is 2.80 bits per heavy atom. The number of amides is 1. The zero-order valence-electron chi connectivity index (χ0n) is 11.2. The van der Waals surface area contributed by atoms with Crippen LogP contribution in [0.3, 0.4) is 0 Å². The van der Waals surface area contributed by atoms with E-state index in [9.17, 15) is 4.79 Å². The lowest BCUT2D eigenvalue weighted by Gasteiger charge is -2.03. The van der Waals surface area contributed by atoms with Crippen molar-refractivity contribution >= 4 is 16.8 Å². The number of pyridine rings is 1. The third-order valence-corrected chi connectivity index (χ3v) is 3.30. The fraction of sp³-hybridized carbons (Fsp3) is 0.125. The topological polar surface area (TPSA) is 46.9 Å². The van der Waals surface area contributed by atoms with E-state index in [1.54, 1.807) is 6.20 Å². The summed E-state index contributed by atoms with van der Waals surface area (Å²) in [4.78, 5) is 16.5. The Bertz CT molecular complexity index is 747. The number of carbonyl (C=O) groups excluding carboxylic acids is 1. The van der Waals surface area contributed by atoms with Crippen molar-refractivity contribution < 1.29 is 4.79 Å². The molecule has 0 saturated heterocycles. The van der Waals surface area contributed by atoms with Crippen molar-refractivity contribution in [1.29, 1.82) is 0 Å². The van der Waals surface area contributed by atoms with Crippen LogP contribution in [0.25, 0.3) is 10.9 Å². The van der Waals surface area contributed by atoms with Gasteiger partial charge in [0.25, 0.3) is 5.91 Å². The zero-order chi connectivity index (χ0) is 13.9. The average Bonchev–Trinajstić information content (AvgIpc) is 2.84. The van der Waals surface area contributed by atoms with Crippen LogP contribution in [-0.2, 0) is 13.6 Å². The summed E-state index contributed by atoms with van der Waals surface area (Å²) in [6.45, 7) is 0.433. The van der Waals surface area contributed by atoms with Gasteiger partial charge in [0.2, 0.25) is 0 Å². The molecular weight excluding hydrogens is 250 g/mol. The summed E-state index contributed by atoms with van der Waals surface area (Å²) in [5, 5.41) is 3.87. The normalized spacial score (nSPS) is 10.7. The van der Waals surface area contributed by atoms with Gasteiger partial charge >= 0.3 is 0 Å². The molecule has 2 heterocycles. The van der Waals surface area contributed by atoms with Gasteiger partial charge in [0, 0.05) is 30.3 Å². The van der Waals surface area contributed by atoms with E-state index in [4.69, 9.17) is 0 Å². The van der Waals surface area contributed by atoms with Crippen LogP contribution < -0.4 is 5.32 Å². The number of hydrogen-bond donors (Lipinski definition) is 1. The molecule has 0 saturated carbocycles. The Labute approximate surface area is 117 Å². The van der Waals surface area contributed by atoms with Crippen molar-refractivity contribution in [3.05, 3.63) is 66.1 Å². The number of benzene rings is 1. The highest BCUT2D eigenvalue weighted by Crippen LogP contribution is 2.20. The lowest BCUT2D eigenvalue weighted by atomic mass is 10.1. The Balaban J connectivity index is 1.83. The third kappa shape index (κ3) is 2.28. The molecule has 1 aromatic carbocycles. The lowest BCUT2D eigenvalue weighted by Crippen LogP contribution is -2.23. The molecule has 0 aliphatic heterocycles. The number of carbonyl (C=O) groups is 1. The van der Waals surface area contributed by atoms with Crippen LogP contribution in [0, 0.1) is 0 Å². The Morgan fingerprint density at radius 1 is 1.20 bits per heavy atom. The maximum atomic E-state index is 12.3. The van der Waals surface area contributed by atoms with Gasteiger partial charge < -0.3 is 9.88 Å². The Hall–Kier alpha value is -2.62. The molecule has 100 valence electrons. The maximum Gasteiger partial charge on any atom is 0.253 e. The fourth-order valence-corrected chi connectivity index (χ4v) is 2.29. The molecule has 0 spiro atoms. The van der Waals surface area contributed by atoms with Crippen LogP contribution in [0.4, 0.5) is 0 Å². The van der Waals surface area contributed by atoms with Crippen molar-refractivity contribution in [2.75, 3.05) is 0 Å². The smallest absolute Gasteiger partial charge is 0.253 e. The minimum atomic E-state index is -0.0764. The molecule has 3 rings (SSSR count). The van der Waals surface area contributed by atoms with Gasteiger partial charge in [-0.05, 0) is 18.2 Å². The van der Waals surface area contributed by atoms with E-state index in [1.165, 1.54) is 0 Å². The van der Waals surface area contributed by atoms with Crippen molar-refractivity contribution in [3.63, 3.8) is 0 Å². The molecule has 0 aliphatic carbocycles. The van der Waals surface area contributed by atoms with Crippen LogP contribution in [0.1, 0.15) is 16.1 Å². The highest BCUT2D eigenvalue weighted by atomic mass is 16.1. The predicted molar refractivity (Wildman–Crippen MR) is 78.3 cm³/mol. The molecule has 1 N–H and O–H groups in total. The number of nitrogens with zero attached hydrogens (tertiary/aromatic N) is 2. The number of para-hydroxylation sites is 1. The largest absolute Gasteiger partial charge is 0.350 e. The number of hydrogen-bond acceptors (Lipinski definition) is 2. The van der Waals surface area contributed by atoms with Gasteiger partial charge in [0.1, 0.15) is 0 Å². The Kier molecular flexibility index (Phi) is 3.21. The third-order valence-electron chi connectivity index (χ3n) is 3.30. The molecule has 0 unspecified atom stereocenters. The standard InChI is InChI=1S/C16H15N3O/c1-19-11-14(13-7-2-3-8-15(13)19)16(20)18-10-12-6-4-5-9-17-12/h2-9,11H,10H2,1H3,(H,18,20). The van der Waals surface area contributed by atoms with Gasteiger partial charge in [0.05, 0.1) is 17.8 Å². The van der Waals surface area contributed by atoms with Gasteiger partial charge in [-0.1, -0.05) is 24.3 Å². The molecule has 3 aromatic rings. The average molecular weight is 265 g/mol. The maximum absolute atomic E-state index is 12.3. The molecule has 0 radical (unpaired) electrons. The summed E-state index contributed by atoms with van der Waals surface area (Å²) in [5.41, 5.74) is 2.59. The predicted octanol–water partition coefficient (Wildman–Crippen LogP) is 2.50. The van der Waals surface area contributed by atoms with E-state index in [1.807, 2.05) is 60.3 Å². The molecule has 0 aliphatic rings. The van der Waals surface area contributed by atoms with Gasteiger partial charge in [0.15, 0.2) is 0 Å². The lowest BCUT2D eigenvalue weighted by molar-refractivity contribution is 0.0952. The van der Waals surface area contributed by atoms with Crippen molar-refractivity contribution in [2.24, 2.45) is 7.05 Å². The first kappa shape index (κ1) is 12.4. The van der Waals surface area contributed by atoms with Crippen LogP contribution >= 0.6 is 0 Å². The van der Waals surface area contributed by atoms with Gasteiger partial charge in [-0.3, -0.25) is 9.78 Å². The molecule has 1 amide bonds. The first-order valence-corrected chi connectivity index (χ1v) is 6.48. The van der Waals surface area contributed by atoms with E-state index in [0.717, 1.165) is 16.6 Å². The first-order chi connectivity index (χ1) is 9.75. The van der Waals surface area contributed by atoms with E-state index in [2.05, 4.69) is 10.3 Å². The number of nitrogens with one attached hydrogen (secondary N) is 1. The first-order valence-electron chi connectivity index (χ1n) is 6.48. The van der Waals surface area contributed by atoms with Gasteiger partial charge in [-0.15, -0.1) is 0 Å². The molecular formula is C16H15N3O. The summed E-state index contributed by atoms with van der Waals surface area (Å²) in [6.07, 6.45) is 3.58. The SMILES string of the molecule is Cn1cc(C(=O)NCc2ccccn2)c2ccccc21. The number of aryl methyl sites for hydroxylation is 1. The number of rotatable bonds is 3.